The van der Waals surface area contributed by atoms with Crippen LogP contribution in [0.5, 0.6) is 5.75 Å². The number of aromatic hydroxyl groups is 1. The van der Waals surface area contributed by atoms with Gasteiger partial charge in [-0.2, -0.15) is 0 Å². The van der Waals surface area contributed by atoms with Crippen molar-refractivity contribution >= 4 is 5.91 Å². The summed E-state index contributed by atoms with van der Waals surface area (Å²) >= 11 is 0. The number of nitrogens with zero attached hydrogens (tertiary/aromatic N) is 2. The van der Waals surface area contributed by atoms with E-state index in [-0.39, 0.29) is 18.1 Å². The maximum absolute atomic E-state index is 12.1. The van der Waals surface area contributed by atoms with E-state index in [0.29, 0.717) is 6.54 Å². The van der Waals surface area contributed by atoms with E-state index >= 15 is 0 Å². The number of aryl methyl sites for hydroxylation is 1. The first-order chi connectivity index (χ1) is 12.1. The van der Waals surface area contributed by atoms with Gasteiger partial charge in [0.25, 0.3) is 0 Å². The van der Waals surface area contributed by atoms with E-state index in [1.807, 2.05) is 42.0 Å². The summed E-state index contributed by atoms with van der Waals surface area (Å²) < 4.78 is 2.01. The summed E-state index contributed by atoms with van der Waals surface area (Å²) in [6.45, 7) is 3.10. The normalized spacial score (nSPS) is 10.6. The predicted molar refractivity (Wildman–Crippen MR) is 96.2 cm³/mol. The summed E-state index contributed by atoms with van der Waals surface area (Å²) in [5.41, 5.74) is 3.84. The van der Waals surface area contributed by atoms with E-state index < -0.39 is 0 Å². The van der Waals surface area contributed by atoms with Crippen LogP contribution in [0.3, 0.4) is 0 Å². The average molecular weight is 335 g/mol. The number of imidazole rings is 1. The summed E-state index contributed by atoms with van der Waals surface area (Å²) in [5.74, 6) is 0.157. The highest BCUT2D eigenvalue weighted by atomic mass is 16.3. The molecule has 3 aromatic rings. The lowest BCUT2D eigenvalue weighted by atomic mass is 10.1. The molecule has 5 nitrogen and oxygen atoms in total. The smallest absolute Gasteiger partial charge is 0.224 e. The Bertz CT molecular complexity index is 840. The van der Waals surface area contributed by atoms with Crippen LogP contribution in [0.25, 0.3) is 0 Å². The number of amides is 1. The minimum atomic E-state index is -0.0641. The third-order valence-electron chi connectivity index (χ3n) is 4.08. The number of rotatable bonds is 6. The summed E-state index contributed by atoms with van der Waals surface area (Å²) in [4.78, 5) is 16.1. The molecule has 0 radical (unpaired) electrons. The molecule has 2 N–H and O–H groups in total. The van der Waals surface area contributed by atoms with Gasteiger partial charge in [0.05, 0.1) is 12.7 Å². The zero-order valence-electron chi connectivity index (χ0n) is 14.1. The van der Waals surface area contributed by atoms with E-state index in [9.17, 15) is 9.90 Å². The summed E-state index contributed by atoms with van der Waals surface area (Å²) in [6.07, 6.45) is 5.73. The second-order valence-corrected chi connectivity index (χ2v) is 6.13. The Hall–Kier alpha value is -3.08. The van der Waals surface area contributed by atoms with Gasteiger partial charge in [0.1, 0.15) is 5.75 Å². The fourth-order valence-electron chi connectivity index (χ4n) is 2.57. The molecule has 2 aromatic carbocycles. The van der Waals surface area contributed by atoms with Gasteiger partial charge >= 0.3 is 0 Å². The molecule has 0 fully saturated rings. The van der Waals surface area contributed by atoms with Gasteiger partial charge in [-0.25, -0.2) is 4.98 Å². The van der Waals surface area contributed by atoms with Crippen LogP contribution in [-0.4, -0.2) is 20.6 Å². The van der Waals surface area contributed by atoms with Gasteiger partial charge in [-0.05, 0) is 35.2 Å². The van der Waals surface area contributed by atoms with E-state index in [2.05, 4.69) is 22.4 Å². The van der Waals surface area contributed by atoms with Crippen LogP contribution in [0.15, 0.2) is 61.2 Å². The van der Waals surface area contributed by atoms with Crippen LogP contribution in [0.2, 0.25) is 0 Å². The largest absolute Gasteiger partial charge is 0.508 e. The molecule has 0 bridgehead atoms. The monoisotopic (exact) mass is 335 g/mol. The Labute approximate surface area is 147 Å². The number of hydrogen-bond donors (Lipinski definition) is 2. The lowest BCUT2D eigenvalue weighted by Gasteiger charge is -2.08. The van der Waals surface area contributed by atoms with Crippen LogP contribution in [-0.2, 0) is 24.3 Å². The van der Waals surface area contributed by atoms with Crippen molar-refractivity contribution < 1.29 is 9.90 Å². The molecule has 0 saturated carbocycles. The molecule has 1 heterocycles. The molecule has 0 aliphatic carbocycles. The van der Waals surface area contributed by atoms with Crippen LogP contribution in [0.1, 0.15) is 22.3 Å². The fourth-order valence-corrected chi connectivity index (χ4v) is 2.57. The van der Waals surface area contributed by atoms with E-state index in [4.69, 9.17) is 0 Å². The van der Waals surface area contributed by atoms with Crippen molar-refractivity contribution in [1.82, 2.24) is 14.9 Å². The van der Waals surface area contributed by atoms with Crippen molar-refractivity contribution in [3.63, 3.8) is 0 Å². The number of carbonyl (C=O) groups is 1. The van der Waals surface area contributed by atoms with Gasteiger partial charge in [-0.1, -0.05) is 36.4 Å². The quantitative estimate of drug-likeness (QED) is 0.728. The fraction of sp³-hybridized carbons (Fsp3) is 0.200. The lowest BCUT2D eigenvalue weighted by molar-refractivity contribution is -0.120. The third kappa shape index (κ3) is 4.70. The Morgan fingerprint density at radius 3 is 2.52 bits per heavy atom. The Kier molecular flexibility index (Phi) is 5.14. The van der Waals surface area contributed by atoms with Gasteiger partial charge in [-0.15, -0.1) is 0 Å². The first kappa shape index (κ1) is 16.8. The van der Waals surface area contributed by atoms with Gasteiger partial charge in [0.2, 0.25) is 5.91 Å². The zero-order chi connectivity index (χ0) is 17.6. The topological polar surface area (TPSA) is 67.2 Å². The van der Waals surface area contributed by atoms with Crippen LogP contribution in [0, 0.1) is 6.92 Å². The Morgan fingerprint density at radius 1 is 1.12 bits per heavy atom. The number of benzene rings is 2. The van der Waals surface area contributed by atoms with Crippen LogP contribution >= 0.6 is 0 Å². The van der Waals surface area contributed by atoms with Crippen LogP contribution in [0.4, 0.5) is 0 Å². The number of nitrogens with one attached hydrogen (secondary N) is 1. The first-order valence-electron chi connectivity index (χ1n) is 8.19. The molecule has 0 unspecified atom stereocenters. The molecule has 0 aliphatic rings. The van der Waals surface area contributed by atoms with E-state index in [1.54, 1.807) is 18.6 Å². The number of hydrogen-bond acceptors (Lipinski definition) is 3. The summed E-state index contributed by atoms with van der Waals surface area (Å²) in [5, 5.41) is 12.6. The number of phenols is 1. The zero-order valence-corrected chi connectivity index (χ0v) is 14.1. The highest BCUT2D eigenvalue weighted by Crippen LogP contribution is 2.17. The Morgan fingerprint density at radius 2 is 1.84 bits per heavy atom. The molecular weight excluding hydrogens is 314 g/mol. The highest BCUT2D eigenvalue weighted by molar-refractivity contribution is 5.78. The minimum absolute atomic E-state index is 0.0641. The van der Waals surface area contributed by atoms with Crippen molar-refractivity contribution in [1.29, 1.82) is 0 Å². The number of aromatic nitrogens is 2. The molecule has 0 atom stereocenters. The third-order valence-corrected chi connectivity index (χ3v) is 4.08. The molecule has 1 aromatic heterocycles. The lowest BCUT2D eigenvalue weighted by Crippen LogP contribution is -2.24. The molecule has 128 valence electrons. The number of phenolic OH excluding ortho intramolecular Hbond substituents is 1. The average Bonchev–Trinajstić information content (AvgIpc) is 3.11. The minimum Gasteiger partial charge on any atom is -0.508 e. The van der Waals surface area contributed by atoms with Crippen molar-refractivity contribution in [2.24, 2.45) is 0 Å². The van der Waals surface area contributed by atoms with Crippen LogP contribution < -0.4 is 5.32 Å². The summed E-state index contributed by atoms with van der Waals surface area (Å²) in [7, 11) is 0. The molecule has 1 amide bonds. The first-order valence-corrected chi connectivity index (χ1v) is 8.19. The maximum Gasteiger partial charge on any atom is 0.224 e. The number of carbonyl (C=O) groups excluding carboxylic acids is 1. The van der Waals surface area contributed by atoms with Gasteiger partial charge in [-0.3, -0.25) is 4.79 Å². The van der Waals surface area contributed by atoms with E-state index in [1.165, 1.54) is 5.56 Å². The second-order valence-electron chi connectivity index (χ2n) is 6.13. The van der Waals surface area contributed by atoms with Crippen molar-refractivity contribution in [3.05, 3.63) is 83.4 Å². The van der Waals surface area contributed by atoms with E-state index in [0.717, 1.165) is 23.2 Å². The van der Waals surface area contributed by atoms with Gasteiger partial charge < -0.3 is 15.0 Å². The predicted octanol–water partition coefficient (Wildman–Crippen LogP) is 2.80. The Balaban J connectivity index is 1.50. The van der Waals surface area contributed by atoms with Crippen molar-refractivity contribution in [2.45, 2.75) is 26.4 Å². The van der Waals surface area contributed by atoms with Gasteiger partial charge in [0.15, 0.2) is 0 Å². The van der Waals surface area contributed by atoms with Crippen molar-refractivity contribution in [3.8, 4) is 5.75 Å². The molecule has 0 aliphatic heterocycles. The van der Waals surface area contributed by atoms with Crippen molar-refractivity contribution in [2.75, 3.05) is 0 Å². The molecule has 25 heavy (non-hydrogen) atoms. The SMILES string of the molecule is Cc1ccc(CC(=O)NCc2ccc(Cn3ccnc3)cc2)cc1O. The molecule has 0 saturated heterocycles. The maximum atomic E-state index is 12.1. The highest BCUT2D eigenvalue weighted by Gasteiger charge is 2.05. The summed E-state index contributed by atoms with van der Waals surface area (Å²) in [6, 6.07) is 13.5. The molecule has 5 heteroatoms. The molecule has 0 spiro atoms. The standard InChI is InChI=1S/C20H21N3O2/c1-15-2-3-18(10-19(15)24)11-20(25)22-12-16-4-6-17(7-5-16)13-23-9-8-21-14-23/h2-10,14,24H,11-13H2,1H3,(H,22,25). The molecule has 3 rings (SSSR count). The second kappa shape index (κ2) is 7.66. The molecular formula is C20H21N3O2. The van der Waals surface area contributed by atoms with Gasteiger partial charge in [0, 0.05) is 25.5 Å².